The zero-order valence-electron chi connectivity index (χ0n) is 12.6. The first kappa shape index (κ1) is 15.1. The number of esters is 1. The van der Waals surface area contributed by atoms with E-state index in [0.717, 1.165) is 24.7 Å². The molecule has 1 saturated heterocycles. The Bertz CT molecular complexity index is 442. The number of hydrogen-bond acceptors (Lipinski definition) is 4. The number of aromatic amines is 1. The predicted molar refractivity (Wildman–Crippen MR) is 78.7 cm³/mol. The van der Waals surface area contributed by atoms with Crippen molar-refractivity contribution in [2.75, 3.05) is 26.7 Å². The minimum absolute atomic E-state index is 0.320. The van der Waals surface area contributed by atoms with E-state index in [1.54, 1.807) is 6.07 Å². The Morgan fingerprint density at radius 1 is 1.55 bits per heavy atom. The van der Waals surface area contributed by atoms with Gasteiger partial charge in [0, 0.05) is 24.8 Å². The first-order chi connectivity index (χ1) is 9.60. The van der Waals surface area contributed by atoms with Crippen LogP contribution in [-0.4, -0.2) is 48.6 Å². The Morgan fingerprint density at radius 3 is 3.00 bits per heavy atom. The van der Waals surface area contributed by atoms with E-state index in [1.165, 1.54) is 26.6 Å². The molecule has 1 aromatic rings. The van der Waals surface area contributed by atoms with Crippen molar-refractivity contribution >= 4 is 5.97 Å². The second-order valence-electron chi connectivity index (χ2n) is 5.76. The highest BCUT2D eigenvalue weighted by atomic mass is 16.5. The molecule has 1 fully saturated rings. The molecule has 5 heteroatoms. The van der Waals surface area contributed by atoms with Gasteiger partial charge in [0.05, 0.1) is 7.11 Å². The first-order valence-electron chi connectivity index (χ1n) is 7.31. The van der Waals surface area contributed by atoms with Crippen molar-refractivity contribution in [2.24, 2.45) is 5.92 Å². The van der Waals surface area contributed by atoms with Gasteiger partial charge in [-0.3, -0.25) is 0 Å². The van der Waals surface area contributed by atoms with Gasteiger partial charge in [-0.1, -0.05) is 0 Å². The summed E-state index contributed by atoms with van der Waals surface area (Å²) in [5, 5.41) is 3.46. The fourth-order valence-electron chi connectivity index (χ4n) is 2.68. The van der Waals surface area contributed by atoms with E-state index in [1.807, 2.05) is 6.07 Å². The number of aromatic nitrogens is 1. The average molecular weight is 279 g/mol. The summed E-state index contributed by atoms with van der Waals surface area (Å²) < 4.78 is 4.67. The molecule has 0 aromatic carbocycles. The number of methoxy groups -OCH3 is 1. The first-order valence-corrected chi connectivity index (χ1v) is 7.31. The monoisotopic (exact) mass is 279 g/mol. The lowest BCUT2D eigenvalue weighted by molar-refractivity contribution is 0.0594. The summed E-state index contributed by atoms with van der Waals surface area (Å²) in [5.74, 6) is 0.409. The lowest BCUT2D eigenvalue weighted by atomic mass is 10.1. The average Bonchev–Trinajstić information content (AvgIpc) is 3.07. The lowest BCUT2D eigenvalue weighted by Crippen LogP contribution is -2.30. The maximum atomic E-state index is 11.3. The Kier molecular flexibility index (Phi) is 5.20. The second-order valence-corrected chi connectivity index (χ2v) is 5.76. The molecule has 1 unspecified atom stereocenters. The summed E-state index contributed by atoms with van der Waals surface area (Å²) >= 11 is 0. The van der Waals surface area contributed by atoms with Crippen LogP contribution in [-0.2, 0) is 11.3 Å². The maximum Gasteiger partial charge on any atom is 0.354 e. The number of likely N-dealkylation sites (tertiary alicyclic amines) is 1. The Balaban J connectivity index is 1.71. The van der Waals surface area contributed by atoms with Crippen LogP contribution in [0.3, 0.4) is 0 Å². The Labute approximate surface area is 120 Å². The molecule has 5 nitrogen and oxygen atoms in total. The van der Waals surface area contributed by atoms with Crippen molar-refractivity contribution in [3.63, 3.8) is 0 Å². The lowest BCUT2D eigenvalue weighted by Gasteiger charge is -2.20. The van der Waals surface area contributed by atoms with Gasteiger partial charge in [-0.25, -0.2) is 4.79 Å². The highest BCUT2D eigenvalue weighted by molar-refractivity contribution is 5.87. The largest absolute Gasteiger partial charge is 0.464 e. The zero-order chi connectivity index (χ0) is 14.5. The van der Waals surface area contributed by atoms with Crippen molar-refractivity contribution in [3.8, 4) is 0 Å². The van der Waals surface area contributed by atoms with Gasteiger partial charge < -0.3 is 19.9 Å². The Morgan fingerprint density at radius 2 is 2.35 bits per heavy atom. The van der Waals surface area contributed by atoms with Crippen molar-refractivity contribution in [1.82, 2.24) is 15.2 Å². The third-order valence-electron chi connectivity index (χ3n) is 3.95. The molecule has 20 heavy (non-hydrogen) atoms. The van der Waals surface area contributed by atoms with Gasteiger partial charge >= 0.3 is 5.97 Å². The van der Waals surface area contributed by atoms with Gasteiger partial charge in [0.2, 0.25) is 0 Å². The number of nitrogens with one attached hydrogen (secondary N) is 2. The highest BCUT2D eigenvalue weighted by Gasteiger charge is 2.23. The van der Waals surface area contributed by atoms with Crippen molar-refractivity contribution in [3.05, 3.63) is 23.5 Å². The van der Waals surface area contributed by atoms with E-state index in [4.69, 9.17) is 0 Å². The summed E-state index contributed by atoms with van der Waals surface area (Å²) in [6.45, 7) is 8.68. The fourth-order valence-corrected chi connectivity index (χ4v) is 2.68. The third kappa shape index (κ3) is 3.84. The van der Waals surface area contributed by atoms with Crippen molar-refractivity contribution in [1.29, 1.82) is 0 Å². The van der Waals surface area contributed by atoms with E-state index in [9.17, 15) is 4.79 Å². The van der Waals surface area contributed by atoms with Crippen LogP contribution in [0, 0.1) is 5.92 Å². The summed E-state index contributed by atoms with van der Waals surface area (Å²) in [7, 11) is 1.39. The van der Waals surface area contributed by atoms with E-state index < -0.39 is 0 Å². The number of hydrogen-bond donors (Lipinski definition) is 2. The number of rotatable bonds is 6. The van der Waals surface area contributed by atoms with Gasteiger partial charge in [-0.2, -0.15) is 0 Å². The summed E-state index contributed by atoms with van der Waals surface area (Å²) in [6, 6.07) is 4.33. The molecule has 2 heterocycles. The molecule has 1 aliphatic heterocycles. The summed E-state index contributed by atoms with van der Waals surface area (Å²) in [6.07, 6.45) is 1.27. The topological polar surface area (TPSA) is 57.4 Å². The van der Waals surface area contributed by atoms with Gasteiger partial charge in [-0.15, -0.1) is 0 Å². The molecule has 0 spiro atoms. The highest BCUT2D eigenvalue weighted by Crippen LogP contribution is 2.17. The molecule has 0 aliphatic carbocycles. The molecule has 112 valence electrons. The number of carbonyl (C=O) groups excluding carboxylic acids is 1. The second kappa shape index (κ2) is 6.90. The van der Waals surface area contributed by atoms with Crippen LogP contribution in [0.15, 0.2) is 12.1 Å². The molecule has 1 aliphatic rings. The van der Waals surface area contributed by atoms with Crippen LogP contribution >= 0.6 is 0 Å². The van der Waals surface area contributed by atoms with Crippen molar-refractivity contribution in [2.45, 2.75) is 32.9 Å². The van der Waals surface area contributed by atoms with E-state index in [-0.39, 0.29) is 5.97 Å². The molecule has 2 rings (SSSR count). The standard InChI is InChI=1S/C15H25N3O2/c1-11(2)18-7-6-12(10-18)8-16-9-13-4-5-14(17-13)15(19)20-3/h4-5,11-12,16-17H,6-10H2,1-3H3. The molecule has 1 atom stereocenters. The van der Waals surface area contributed by atoms with E-state index >= 15 is 0 Å². The van der Waals surface area contributed by atoms with Crippen LogP contribution in [0.4, 0.5) is 0 Å². The number of H-pyrrole nitrogens is 1. The molecular weight excluding hydrogens is 254 g/mol. The molecule has 1 aromatic heterocycles. The van der Waals surface area contributed by atoms with Gasteiger partial charge in [-0.05, 0) is 51.4 Å². The van der Waals surface area contributed by atoms with E-state index in [2.05, 4.69) is 33.8 Å². The zero-order valence-corrected chi connectivity index (χ0v) is 12.6. The van der Waals surface area contributed by atoms with Gasteiger partial charge in [0.25, 0.3) is 0 Å². The van der Waals surface area contributed by atoms with Crippen LogP contribution in [0.1, 0.15) is 36.5 Å². The fraction of sp³-hybridized carbons (Fsp3) is 0.667. The molecule has 2 N–H and O–H groups in total. The quantitative estimate of drug-likeness (QED) is 0.777. The molecule has 0 saturated carbocycles. The minimum atomic E-state index is -0.320. The van der Waals surface area contributed by atoms with Gasteiger partial charge in [0.15, 0.2) is 0 Å². The van der Waals surface area contributed by atoms with Crippen LogP contribution in [0.25, 0.3) is 0 Å². The van der Waals surface area contributed by atoms with E-state index in [0.29, 0.717) is 11.7 Å². The van der Waals surface area contributed by atoms with Crippen LogP contribution < -0.4 is 5.32 Å². The third-order valence-corrected chi connectivity index (χ3v) is 3.95. The summed E-state index contributed by atoms with van der Waals surface area (Å²) in [4.78, 5) is 16.9. The van der Waals surface area contributed by atoms with Crippen LogP contribution in [0.5, 0.6) is 0 Å². The number of nitrogens with zero attached hydrogens (tertiary/aromatic N) is 1. The summed E-state index contributed by atoms with van der Waals surface area (Å²) in [5.41, 5.74) is 1.53. The smallest absolute Gasteiger partial charge is 0.354 e. The molecule has 0 bridgehead atoms. The molecular formula is C15H25N3O2. The minimum Gasteiger partial charge on any atom is -0.464 e. The number of ether oxygens (including phenoxy) is 1. The molecule has 0 radical (unpaired) electrons. The predicted octanol–water partition coefficient (Wildman–Crippen LogP) is 1.62. The maximum absolute atomic E-state index is 11.3. The van der Waals surface area contributed by atoms with Crippen molar-refractivity contribution < 1.29 is 9.53 Å². The number of carbonyl (C=O) groups is 1. The normalized spacial score (nSPS) is 19.7. The van der Waals surface area contributed by atoms with Gasteiger partial charge in [0.1, 0.15) is 5.69 Å². The van der Waals surface area contributed by atoms with Crippen LogP contribution in [0.2, 0.25) is 0 Å². The Hall–Kier alpha value is -1.33. The SMILES string of the molecule is COC(=O)c1ccc(CNCC2CCN(C(C)C)C2)[nH]1. The molecule has 0 amide bonds.